The Hall–Kier alpha value is -8.77. The summed E-state index contributed by atoms with van der Waals surface area (Å²) >= 11 is 1.85. The summed E-state index contributed by atoms with van der Waals surface area (Å²) in [6.07, 6.45) is 0. The molecule has 10 aromatic carbocycles. The molecule has 3 aromatic heterocycles. The summed E-state index contributed by atoms with van der Waals surface area (Å²) in [5, 5.41) is 4.92. The summed E-state index contributed by atoms with van der Waals surface area (Å²) < 4.78 is 4.88. The van der Waals surface area contributed by atoms with Gasteiger partial charge < -0.3 is 4.57 Å². The first-order valence-corrected chi connectivity index (χ1v) is 23.7. The highest BCUT2D eigenvalue weighted by Gasteiger charge is 2.23. The standard InChI is InChI=1S/C63H40N4S/c1-6-20-41(21-7-1)47-31-18-32-48(42-22-8-2-9-23-42)59(47)45-36-37-49(53(38-45)63-65-61(43-24-10-3-11-25-43)64-62(66-63)44-26-12-4-13-27-44)51-33-19-35-57-60(51)54-39-56-52(40-58(54)68-57)50-30-16-17-34-55(50)67(56)46-28-14-5-15-29-46/h1-40H. The minimum atomic E-state index is 0.608. The Morgan fingerprint density at radius 2 is 0.824 bits per heavy atom. The monoisotopic (exact) mass is 884 g/mol. The fourth-order valence-corrected chi connectivity index (χ4v) is 11.1. The molecule has 5 heteroatoms. The molecule has 0 saturated carbocycles. The van der Waals surface area contributed by atoms with E-state index in [9.17, 15) is 0 Å². The highest BCUT2D eigenvalue weighted by Crippen LogP contribution is 2.48. The number of benzene rings is 10. The molecule has 0 aliphatic heterocycles. The molecule has 3 heterocycles. The van der Waals surface area contributed by atoms with Crippen molar-refractivity contribution >= 4 is 53.3 Å². The van der Waals surface area contributed by atoms with E-state index >= 15 is 0 Å². The largest absolute Gasteiger partial charge is 0.309 e. The lowest BCUT2D eigenvalue weighted by Crippen LogP contribution is -2.01. The Bertz CT molecular complexity index is 3880. The zero-order valence-electron chi connectivity index (χ0n) is 36.8. The summed E-state index contributed by atoms with van der Waals surface area (Å²) in [5.41, 5.74) is 15.3. The van der Waals surface area contributed by atoms with E-state index in [4.69, 9.17) is 15.0 Å². The van der Waals surface area contributed by atoms with Gasteiger partial charge in [-0.05, 0) is 87.0 Å². The molecule has 0 aliphatic carbocycles. The molecule has 0 atom stereocenters. The Morgan fingerprint density at radius 1 is 0.294 bits per heavy atom. The van der Waals surface area contributed by atoms with Crippen LogP contribution in [0.15, 0.2) is 243 Å². The van der Waals surface area contributed by atoms with Gasteiger partial charge in [0.2, 0.25) is 0 Å². The minimum absolute atomic E-state index is 0.608. The summed E-state index contributed by atoms with van der Waals surface area (Å²) in [4.78, 5) is 15.9. The molecule has 318 valence electrons. The van der Waals surface area contributed by atoms with Gasteiger partial charge in [-0.2, -0.15) is 0 Å². The van der Waals surface area contributed by atoms with Crippen molar-refractivity contribution in [3.05, 3.63) is 243 Å². The number of hydrogen-bond acceptors (Lipinski definition) is 4. The first-order valence-electron chi connectivity index (χ1n) is 22.9. The highest BCUT2D eigenvalue weighted by atomic mass is 32.1. The molecule has 13 aromatic rings. The second-order valence-electron chi connectivity index (χ2n) is 17.1. The first-order chi connectivity index (χ1) is 33.7. The maximum atomic E-state index is 5.40. The summed E-state index contributed by atoms with van der Waals surface area (Å²) in [5.74, 6) is 1.85. The SMILES string of the molecule is c1ccc(-c2nc(-c3ccccc3)nc(-c3cc(-c4c(-c5ccccc5)cccc4-c4ccccc4)ccc3-c3cccc4sc5cc6c7ccccc7n(-c7ccccc7)c6cc5c34)n2)cc1. The van der Waals surface area contributed by atoms with Gasteiger partial charge in [0.1, 0.15) is 0 Å². The predicted octanol–water partition coefficient (Wildman–Crippen LogP) is 17.0. The first kappa shape index (κ1) is 39.6. The van der Waals surface area contributed by atoms with Crippen molar-refractivity contribution in [3.63, 3.8) is 0 Å². The topological polar surface area (TPSA) is 43.6 Å². The molecule has 0 saturated heterocycles. The molecule has 13 rings (SSSR count). The molecular weight excluding hydrogens is 845 g/mol. The maximum Gasteiger partial charge on any atom is 0.164 e. The van der Waals surface area contributed by atoms with Crippen LogP contribution in [-0.4, -0.2) is 19.5 Å². The molecule has 0 amide bonds. The molecule has 4 nitrogen and oxygen atoms in total. The quantitative estimate of drug-likeness (QED) is 0.153. The van der Waals surface area contributed by atoms with Crippen molar-refractivity contribution in [3.8, 4) is 84.4 Å². The van der Waals surface area contributed by atoms with E-state index < -0.39 is 0 Å². The van der Waals surface area contributed by atoms with Gasteiger partial charge >= 0.3 is 0 Å². The van der Waals surface area contributed by atoms with Crippen LogP contribution in [0.5, 0.6) is 0 Å². The van der Waals surface area contributed by atoms with Crippen molar-refractivity contribution in [2.24, 2.45) is 0 Å². The molecule has 0 aliphatic rings. The van der Waals surface area contributed by atoms with E-state index in [0.29, 0.717) is 17.5 Å². The third-order valence-corrected chi connectivity index (χ3v) is 14.2. The van der Waals surface area contributed by atoms with Gasteiger partial charge in [-0.15, -0.1) is 11.3 Å². The number of para-hydroxylation sites is 2. The van der Waals surface area contributed by atoms with Crippen LogP contribution in [0.2, 0.25) is 0 Å². The number of rotatable bonds is 8. The van der Waals surface area contributed by atoms with Crippen LogP contribution in [0.25, 0.3) is 126 Å². The van der Waals surface area contributed by atoms with E-state index in [1.54, 1.807) is 0 Å². The lowest BCUT2D eigenvalue weighted by atomic mass is 9.85. The summed E-state index contributed by atoms with van der Waals surface area (Å²) in [6, 6.07) is 86.5. The highest BCUT2D eigenvalue weighted by molar-refractivity contribution is 7.26. The van der Waals surface area contributed by atoms with Crippen LogP contribution in [0.1, 0.15) is 0 Å². The van der Waals surface area contributed by atoms with Crippen LogP contribution >= 0.6 is 11.3 Å². The Labute approximate surface area is 397 Å². The zero-order chi connectivity index (χ0) is 45.0. The average molecular weight is 885 g/mol. The second-order valence-corrected chi connectivity index (χ2v) is 18.2. The van der Waals surface area contributed by atoms with Crippen molar-refractivity contribution in [1.82, 2.24) is 19.5 Å². The third kappa shape index (κ3) is 6.79. The van der Waals surface area contributed by atoms with Gasteiger partial charge in [-0.3, -0.25) is 0 Å². The smallest absolute Gasteiger partial charge is 0.164 e. The Kier molecular flexibility index (Phi) is 9.66. The molecule has 0 N–H and O–H groups in total. The molecule has 68 heavy (non-hydrogen) atoms. The molecule has 0 unspecified atom stereocenters. The Balaban J connectivity index is 1.12. The van der Waals surface area contributed by atoms with Crippen LogP contribution < -0.4 is 0 Å². The predicted molar refractivity (Wildman–Crippen MR) is 285 cm³/mol. The van der Waals surface area contributed by atoms with Crippen LogP contribution in [0, 0.1) is 0 Å². The zero-order valence-corrected chi connectivity index (χ0v) is 37.6. The maximum absolute atomic E-state index is 5.40. The van der Waals surface area contributed by atoms with Gasteiger partial charge in [0.25, 0.3) is 0 Å². The summed E-state index contributed by atoms with van der Waals surface area (Å²) in [6.45, 7) is 0. The Morgan fingerprint density at radius 3 is 1.46 bits per heavy atom. The van der Waals surface area contributed by atoms with Gasteiger partial charge in [-0.1, -0.05) is 200 Å². The van der Waals surface area contributed by atoms with Crippen LogP contribution in [-0.2, 0) is 0 Å². The number of nitrogens with zero attached hydrogens (tertiary/aromatic N) is 4. The van der Waals surface area contributed by atoms with E-state index in [0.717, 1.165) is 66.9 Å². The van der Waals surface area contributed by atoms with E-state index in [2.05, 4.69) is 211 Å². The number of hydrogen-bond donors (Lipinski definition) is 0. The van der Waals surface area contributed by atoms with Gasteiger partial charge in [-0.25, -0.2) is 15.0 Å². The molecular formula is C63H40N4S. The lowest BCUT2D eigenvalue weighted by molar-refractivity contribution is 1.07. The fourth-order valence-electron chi connectivity index (χ4n) is 10.00. The number of thiophene rings is 1. The molecule has 0 bridgehead atoms. The summed E-state index contributed by atoms with van der Waals surface area (Å²) in [7, 11) is 0. The van der Waals surface area contributed by atoms with Crippen molar-refractivity contribution < 1.29 is 0 Å². The molecule has 0 radical (unpaired) electrons. The number of aromatic nitrogens is 4. The second kappa shape index (κ2) is 16.6. The van der Waals surface area contributed by atoms with E-state index in [1.807, 2.05) is 47.7 Å². The fraction of sp³-hybridized carbons (Fsp3) is 0. The molecule has 0 spiro atoms. The van der Waals surface area contributed by atoms with Crippen molar-refractivity contribution in [2.75, 3.05) is 0 Å². The van der Waals surface area contributed by atoms with Gasteiger partial charge in [0.15, 0.2) is 17.5 Å². The van der Waals surface area contributed by atoms with Crippen LogP contribution in [0.3, 0.4) is 0 Å². The van der Waals surface area contributed by atoms with Crippen molar-refractivity contribution in [1.29, 1.82) is 0 Å². The van der Waals surface area contributed by atoms with Crippen LogP contribution in [0.4, 0.5) is 0 Å². The van der Waals surface area contributed by atoms with E-state index in [-0.39, 0.29) is 0 Å². The lowest BCUT2D eigenvalue weighted by Gasteiger charge is -2.19. The minimum Gasteiger partial charge on any atom is -0.309 e. The molecule has 0 fully saturated rings. The number of fused-ring (bicyclic) bond motifs is 6. The van der Waals surface area contributed by atoms with Gasteiger partial charge in [0, 0.05) is 53.3 Å². The third-order valence-electron chi connectivity index (χ3n) is 13.1. The van der Waals surface area contributed by atoms with Gasteiger partial charge in [0.05, 0.1) is 11.0 Å². The van der Waals surface area contributed by atoms with E-state index in [1.165, 1.54) is 42.0 Å². The average Bonchev–Trinajstić information content (AvgIpc) is 3.95. The normalized spacial score (nSPS) is 11.5. The van der Waals surface area contributed by atoms with Crippen molar-refractivity contribution in [2.45, 2.75) is 0 Å².